The van der Waals surface area contributed by atoms with Crippen LogP contribution in [0.2, 0.25) is 0 Å². The van der Waals surface area contributed by atoms with E-state index in [0.717, 1.165) is 36.6 Å². The van der Waals surface area contributed by atoms with Gasteiger partial charge in [0.05, 0.1) is 11.3 Å². The van der Waals surface area contributed by atoms with E-state index in [1.807, 2.05) is 11.3 Å². The molecule has 146 valence electrons. The van der Waals surface area contributed by atoms with Crippen molar-refractivity contribution in [2.75, 3.05) is 6.54 Å². The molecule has 1 aromatic carbocycles. The second-order valence-electron chi connectivity index (χ2n) is 8.32. The van der Waals surface area contributed by atoms with Gasteiger partial charge in [-0.1, -0.05) is 37.5 Å². The fourth-order valence-corrected chi connectivity index (χ4v) is 6.04. The monoisotopic (exact) mass is 393 g/mol. The van der Waals surface area contributed by atoms with Crippen LogP contribution in [0.3, 0.4) is 0 Å². The number of nitrogens with zero attached hydrogens (tertiary/aromatic N) is 2. The third kappa shape index (κ3) is 3.31. The van der Waals surface area contributed by atoms with E-state index in [-0.39, 0.29) is 5.56 Å². The van der Waals surface area contributed by atoms with Gasteiger partial charge in [0, 0.05) is 41.6 Å². The van der Waals surface area contributed by atoms with Crippen LogP contribution < -0.4 is 5.56 Å². The molecule has 28 heavy (non-hydrogen) atoms. The zero-order valence-corrected chi connectivity index (χ0v) is 17.3. The molecule has 0 atom stereocenters. The van der Waals surface area contributed by atoms with Crippen LogP contribution in [0.25, 0.3) is 10.1 Å². The lowest BCUT2D eigenvalue weighted by atomic mass is 9.88. The molecule has 5 heteroatoms. The minimum absolute atomic E-state index is 0.0864. The Morgan fingerprint density at radius 3 is 2.86 bits per heavy atom. The molecule has 3 heterocycles. The number of hydrogen-bond acceptors (Lipinski definition) is 4. The Hall–Kier alpha value is -1.98. The molecule has 0 bridgehead atoms. The molecule has 2 aromatic heterocycles. The highest BCUT2D eigenvalue weighted by Gasteiger charge is 2.25. The molecular formula is C23H27N3OS. The SMILES string of the molecule is Cc1c(CN2CCc3nc(C4CCCCC4)[nH]c(=O)c3C2)sc2ccccc12. The molecule has 4 nitrogen and oxygen atoms in total. The third-order valence-electron chi connectivity index (χ3n) is 6.47. The van der Waals surface area contributed by atoms with E-state index in [9.17, 15) is 4.79 Å². The van der Waals surface area contributed by atoms with Gasteiger partial charge in [-0.2, -0.15) is 0 Å². The molecule has 5 rings (SSSR count). The number of benzene rings is 1. The zero-order chi connectivity index (χ0) is 19.1. The topological polar surface area (TPSA) is 49.0 Å². The number of H-pyrrole nitrogens is 1. The summed E-state index contributed by atoms with van der Waals surface area (Å²) in [6.07, 6.45) is 7.04. The van der Waals surface area contributed by atoms with Gasteiger partial charge in [0.15, 0.2) is 0 Å². The van der Waals surface area contributed by atoms with Crippen molar-refractivity contribution in [1.82, 2.24) is 14.9 Å². The van der Waals surface area contributed by atoms with Gasteiger partial charge in [0.25, 0.3) is 5.56 Å². The van der Waals surface area contributed by atoms with E-state index in [4.69, 9.17) is 4.98 Å². The van der Waals surface area contributed by atoms with E-state index in [2.05, 4.69) is 41.1 Å². The van der Waals surface area contributed by atoms with E-state index >= 15 is 0 Å². The Kier molecular flexibility index (Phi) is 4.81. The molecule has 1 N–H and O–H groups in total. The Balaban J connectivity index is 1.37. The molecule has 2 aliphatic rings. The second kappa shape index (κ2) is 7.45. The number of fused-ring (bicyclic) bond motifs is 2. The molecular weight excluding hydrogens is 366 g/mol. The van der Waals surface area contributed by atoms with Gasteiger partial charge in [-0.15, -0.1) is 11.3 Å². The lowest BCUT2D eigenvalue weighted by molar-refractivity contribution is 0.242. The fraction of sp³-hybridized carbons (Fsp3) is 0.478. The molecule has 1 aliphatic carbocycles. The van der Waals surface area contributed by atoms with Crippen molar-refractivity contribution in [1.29, 1.82) is 0 Å². The van der Waals surface area contributed by atoms with E-state index < -0.39 is 0 Å². The average Bonchev–Trinajstić information content (AvgIpc) is 3.04. The highest BCUT2D eigenvalue weighted by molar-refractivity contribution is 7.19. The summed E-state index contributed by atoms with van der Waals surface area (Å²) in [7, 11) is 0. The second-order valence-corrected chi connectivity index (χ2v) is 9.46. The molecule has 1 aliphatic heterocycles. The van der Waals surface area contributed by atoms with Gasteiger partial charge in [0.2, 0.25) is 0 Å². The van der Waals surface area contributed by atoms with E-state index in [1.165, 1.54) is 52.6 Å². The fourth-order valence-electron chi connectivity index (χ4n) is 4.78. The summed E-state index contributed by atoms with van der Waals surface area (Å²) in [4.78, 5) is 24.7. The van der Waals surface area contributed by atoms with Gasteiger partial charge in [-0.25, -0.2) is 4.98 Å². The van der Waals surface area contributed by atoms with Crippen molar-refractivity contribution < 1.29 is 0 Å². The van der Waals surface area contributed by atoms with Gasteiger partial charge in [-0.05, 0) is 36.8 Å². The van der Waals surface area contributed by atoms with E-state index in [0.29, 0.717) is 12.5 Å². The quantitative estimate of drug-likeness (QED) is 0.689. The normalized spacial score (nSPS) is 18.5. The Morgan fingerprint density at radius 1 is 1.21 bits per heavy atom. The smallest absolute Gasteiger partial charge is 0.255 e. The Bertz CT molecular complexity index is 1060. The van der Waals surface area contributed by atoms with Crippen LogP contribution in [0.5, 0.6) is 0 Å². The van der Waals surface area contributed by atoms with Crippen molar-refractivity contribution in [3.05, 3.63) is 62.1 Å². The summed E-state index contributed by atoms with van der Waals surface area (Å²) in [5.74, 6) is 1.39. The van der Waals surface area contributed by atoms with Gasteiger partial charge >= 0.3 is 0 Å². The highest BCUT2D eigenvalue weighted by atomic mass is 32.1. The molecule has 0 radical (unpaired) electrons. The molecule has 0 unspecified atom stereocenters. The minimum atomic E-state index is 0.0864. The van der Waals surface area contributed by atoms with E-state index in [1.54, 1.807) is 0 Å². The van der Waals surface area contributed by atoms with Gasteiger partial charge in [0.1, 0.15) is 5.82 Å². The molecule has 1 saturated carbocycles. The standard InChI is InChI=1S/C23H27N3OS/c1-15-17-9-5-6-10-20(17)28-21(15)14-26-12-11-19-18(13-26)23(27)25-22(24-19)16-7-3-2-4-8-16/h5-6,9-10,16H,2-4,7-8,11-14H2,1H3,(H,24,25,27). The first-order valence-corrected chi connectivity index (χ1v) is 11.3. The van der Waals surface area contributed by atoms with Crippen molar-refractivity contribution >= 4 is 21.4 Å². The molecule has 0 spiro atoms. The summed E-state index contributed by atoms with van der Waals surface area (Å²) in [6.45, 7) is 4.81. The lowest BCUT2D eigenvalue weighted by Gasteiger charge is -2.28. The maximum atomic E-state index is 12.8. The molecule has 1 fully saturated rings. The van der Waals surface area contributed by atoms with Crippen LogP contribution in [-0.2, 0) is 19.5 Å². The number of nitrogens with one attached hydrogen (secondary N) is 1. The first-order valence-electron chi connectivity index (χ1n) is 10.5. The predicted octanol–water partition coefficient (Wildman–Crippen LogP) is 4.90. The maximum Gasteiger partial charge on any atom is 0.255 e. The van der Waals surface area contributed by atoms with Crippen molar-refractivity contribution in [3.63, 3.8) is 0 Å². The van der Waals surface area contributed by atoms with Crippen LogP contribution in [-0.4, -0.2) is 21.4 Å². The predicted molar refractivity (Wildman–Crippen MR) is 115 cm³/mol. The van der Waals surface area contributed by atoms with Gasteiger partial charge in [-0.3, -0.25) is 9.69 Å². The molecule has 3 aromatic rings. The number of hydrogen-bond donors (Lipinski definition) is 1. The average molecular weight is 394 g/mol. The summed E-state index contributed by atoms with van der Waals surface area (Å²) < 4.78 is 1.35. The molecule has 0 saturated heterocycles. The lowest BCUT2D eigenvalue weighted by Crippen LogP contribution is -2.36. The summed E-state index contributed by atoms with van der Waals surface area (Å²) in [5, 5.41) is 1.36. The summed E-state index contributed by atoms with van der Waals surface area (Å²) >= 11 is 1.88. The highest BCUT2D eigenvalue weighted by Crippen LogP contribution is 2.33. The van der Waals surface area contributed by atoms with Crippen LogP contribution >= 0.6 is 11.3 Å². The largest absolute Gasteiger partial charge is 0.310 e. The van der Waals surface area contributed by atoms with Crippen LogP contribution in [0, 0.1) is 6.92 Å². The third-order valence-corrected chi connectivity index (χ3v) is 7.73. The zero-order valence-electron chi connectivity index (χ0n) is 16.5. The maximum absolute atomic E-state index is 12.8. The van der Waals surface area contributed by atoms with Gasteiger partial charge < -0.3 is 4.98 Å². The first-order chi connectivity index (χ1) is 13.7. The minimum Gasteiger partial charge on any atom is -0.310 e. The number of rotatable bonds is 3. The van der Waals surface area contributed by atoms with Crippen molar-refractivity contribution in [2.24, 2.45) is 0 Å². The Labute approximate surface area is 169 Å². The summed E-state index contributed by atoms with van der Waals surface area (Å²) in [6, 6.07) is 8.62. The van der Waals surface area contributed by atoms with Crippen LogP contribution in [0.15, 0.2) is 29.1 Å². The van der Waals surface area contributed by atoms with Crippen LogP contribution in [0.1, 0.15) is 65.5 Å². The molecule has 0 amide bonds. The number of aromatic nitrogens is 2. The van der Waals surface area contributed by atoms with Crippen molar-refractivity contribution in [3.8, 4) is 0 Å². The van der Waals surface area contributed by atoms with Crippen molar-refractivity contribution in [2.45, 2.75) is 64.5 Å². The number of aryl methyl sites for hydroxylation is 1. The van der Waals surface area contributed by atoms with Crippen LogP contribution in [0.4, 0.5) is 0 Å². The first kappa shape index (κ1) is 18.1. The number of aromatic amines is 1. The number of thiophene rings is 1. The summed E-state index contributed by atoms with van der Waals surface area (Å²) in [5.41, 5.74) is 3.38. The Morgan fingerprint density at radius 2 is 2.04 bits per heavy atom.